The Bertz CT molecular complexity index is 116. The lowest BCUT2D eigenvalue weighted by Gasteiger charge is -2.19. The summed E-state index contributed by atoms with van der Waals surface area (Å²) < 4.78 is 5.05. The van der Waals surface area contributed by atoms with E-state index in [4.69, 9.17) is 4.74 Å². The van der Waals surface area contributed by atoms with Crippen LogP contribution in [0.3, 0.4) is 0 Å². The van der Waals surface area contributed by atoms with Gasteiger partial charge in [-0.2, -0.15) is 11.8 Å². The summed E-state index contributed by atoms with van der Waals surface area (Å²) in [6, 6.07) is 0. The molecule has 1 atom stereocenters. The highest BCUT2D eigenvalue weighted by atomic mass is 79.9. The standard InChI is InChI=1S/C9H20BrNOS/c1-11(5-4-6-13-3)7-9(10)8-12-2/h9H,4-8H2,1-3H3. The van der Waals surface area contributed by atoms with Crippen molar-refractivity contribution in [3.63, 3.8) is 0 Å². The van der Waals surface area contributed by atoms with E-state index in [1.807, 2.05) is 11.8 Å². The molecule has 1 unspecified atom stereocenters. The molecule has 0 saturated carbocycles. The predicted molar refractivity (Wildman–Crippen MR) is 65.1 cm³/mol. The zero-order valence-electron chi connectivity index (χ0n) is 8.75. The molecule has 0 aliphatic rings. The van der Waals surface area contributed by atoms with Gasteiger partial charge in [-0.25, -0.2) is 0 Å². The first-order valence-corrected chi connectivity index (χ1v) is 6.82. The van der Waals surface area contributed by atoms with Gasteiger partial charge in [-0.1, -0.05) is 15.9 Å². The van der Waals surface area contributed by atoms with E-state index in [2.05, 4.69) is 34.1 Å². The van der Waals surface area contributed by atoms with Crippen molar-refractivity contribution in [1.82, 2.24) is 4.90 Å². The van der Waals surface area contributed by atoms with Gasteiger partial charge >= 0.3 is 0 Å². The molecule has 0 amide bonds. The van der Waals surface area contributed by atoms with E-state index in [0.29, 0.717) is 4.83 Å². The van der Waals surface area contributed by atoms with Crippen LogP contribution >= 0.6 is 27.7 Å². The summed E-state index contributed by atoms with van der Waals surface area (Å²) in [5.74, 6) is 1.25. The molecule has 0 aromatic rings. The molecule has 0 spiro atoms. The summed E-state index contributed by atoms with van der Waals surface area (Å²) in [6.45, 7) is 3.02. The molecule has 0 rings (SSSR count). The molecule has 0 fully saturated rings. The Hall–Kier alpha value is 0.750. The third-order valence-corrected chi connectivity index (χ3v) is 3.00. The number of ether oxygens (including phenoxy) is 1. The van der Waals surface area contributed by atoms with E-state index in [0.717, 1.165) is 13.2 Å². The fourth-order valence-corrected chi connectivity index (χ4v) is 2.32. The SMILES string of the molecule is COCC(Br)CN(C)CCCSC. The number of thioether (sulfide) groups is 1. The Morgan fingerprint density at radius 1 is 1.54 bits per heavy atom. The quantitative estimate of drug-likeness (QED) is 0.495. The molecule has 0 aromatic heterocycles. The Labute approximate surface area is 94.5 Å². The van der Waals surface area contributed by atoms with E-state index in [-0.39, 0.29) is 0 Å². The van der Waals surface area contributed by atoms with Gasteiger partial charge < -0.3 is 9.64 Å². The van der Waals surface area contributed by atoms with Crippen LogP contribution in [0.1, 0.15) is 6.42 Å². The molecule has 80 valence electrons. The number of hydrogen-bond acceptors (Lipinski definition) is 3. The fraction of sp³-hybridized carbons (Fsp3) is 1.00. The topological polar surface area (TPSA) is 12.5 Å². The minimum absolute atomic E-state index is 0.455. The maximum absolute atomic E-state index is 5.05. The second kappa shape index (κ2) is 9.31. The second-order valence-corrected chi connectivity index (χ2v) is 5.44. The summed E-state index contributed by atoms with van der Waals surface area (Å²) in [4.78, 5) is 2.80. The molecule has 2 nitrogen and oxygen atoms in total. The van der Waals surface area contributed by atoms with Crippen LogP contribution in [0.15, 0.2) is 0 Å². The van der Waals surface area contributed by atoms with Crippen molar-refractivity contribution in [3.8, 4) is 0 Å². The average molecular weight is 270 g/mol. The van der Waals surface area contributed by atoms with Gasteiger partial charge in [0, 0.05) is 13.7 Å². The van der Waals surface area contributed by atoms with Gasteiger partial charge in [0.2, 0.25) is 0 Å². The lowest BCUT2D eigenvalue weighted by molar-refractivity contribution is 0.186. The highest BCUT2D eigenvalue weighted by Crippen LogP contribution is 2.03. The summed E-state index contributed by atoms with van der Waals surface area (Å²) in [5, 5.41) is 0. The van der Waals surface area contributed by atoms with Gasteiger partial charge in [-0.05, 0) is 32.0 Å². The predicted octanol–water partition coefficient (Wildman–Crippen LogP) is 2.08. The monoisotopic (exact) mass is 269 g/mol. The van der Waals surface area contributed by atoms with E-state index in [9.17, 15) is 0 Å². The zero-order chi connectivity index (χ0) is 10.1. The Morgan fingerprint density at radius 2 is 2.23 bits per heavy atom. The smallest absolute Gasteiger partial charge is 0.0600 e. The third kappa shape index (κ3) is 9.06. The minimum atomic E-state index is 0.455. The third-order valence-electron chi connectivity index (χ3n) is 1.75. The molecule has 0 aromatic carbocycles. The van der Waals surface area contributed by atoms with Crippen LogP contribution in [0.4, 0.5) is 0 Å². The summed E-state index contributed by atoms with van der Waals surface area (Å²) >= 11 is 5.49. The lowest BCUT2D eigenvalue weighted by atomic mass is 10.4. The van der Waals surface area contributed by atoms with Crippen molar-refractivity contribution in [2.75, 3.05) is 45.9 Å². The van der Waals surface area contributed by atoms with E-state index in [1.165, 1.54) is 18.7 Å². The first-order valence-electron chi connectivity index (χ1n) is 4.51. The van der Waals surface area contributed by atoms with Gasteiger partial charge in [0.05, 0.1) is 11.4 Å². The van der Waals surface area contributed by atoms with Crippen molar-refractivity contribution in [1.29, 1.82) is 0 Å². The van der Waals surface area contributed by atoms with Crippen molar-refractivity contribution < 1.29 is 4.74 Å². The number of halogens is 1. The van der Waals surface area contributed by atoms with Crippen LogP contribution in [-0.4, -0.2) is 55.6 Å². The maximum Gasteiger partial charge on any atom is 0.0600 e. The van der Waals surface area contributed by atoms with Crippen LogP contribution in [0.5, 0.6) is 0 Å². The molecule has 0 radical (unpaired) electrons. The first kappa shape index (κ1) is 13.8. The Balaban J connectivity index is 3.32. The second-order valence-electron chi connectivity index (χ2n) is 3.16. The van der Waals surface area contributed by atoms with E-state index < -0.39 is 0 Å². The van der Waals surface area contributed by atoms with Gasteiger partial charge in [-0.15, -0.1) is 0 Å². The number of hydrogen-bond donors (Lipinski definition) is 0. The Morgan fingerprint density at radius 3 is 2.77 bits per heavy atom. The molecule has 0 aliphatic carbocycles. The summed E-state index contributed by atoms with van der Waals surface area (Å²) in [7, 11) is 3.90. The molecule has 4 heteroatoms. The normalized spacial score (nSPS) is 13.6. The van der Waals surface area contributed by atoms with Crippen molar-refractivity contribution in [3.05, 3.63) is 0 Å². The van der Waals surface area contributed by atoms with E-state index in [1.54, 1.807) is 7.11 Å². The first-order chi connectivity index (χ1) is 6.20. The van der Waals surface area contributed by atoms with Crippen molar-refractivity contribution in [2.45, 2.75) is 11.2 Å². The van der Waals surface area contributed by atoms with Crippen LogP contribution in [-0.2, 0) is 4.74 Å². The highest BCUT2D eigenvalue weighted by molar-refractivity contribution is 9.09. The number of methoxy groups -OCH3 is 1. The van der Waals surface area contributed by atoms with Crippen LogP contribution in [0, 0.1) is 0 Å². The largest absolute Gasteiger partial charge is 0.383 e. The van der Waals surface area contributed by atoms with Crippen molar-refractivity contribution >= 4 is 27.7 Å². The molecule has 0 heterocycles. The number of alkyl halides is 1. The van der Waals surface area contributed by atoms with Gasteiger partial charge in [-0.3, -0.25) is 0 Å². The van der Waals surface area contributed by atoms with E-state index >= 15 is 0 Å². The number of nitrogens with zero attached hydrogens (tertiary/aromatic N) is 1. The molecular weight excluding hydrogens is 250 g/mol. The van der Waals surface area contributed by atoms with Crippen LogP contribution < -0.4 is 0 Å². The molecule has 0 saturated heterocycles. The van der Waals surface area contributed by atoms with Gasteiger partial charge in [0.15, 0.2) is 0 Å². The zero-order valence-corrected chi connectivity index (χ0v) is 11.2. The molecule has 0 bridgehead atoms. The fourth-order valence-electron chi connectivity index (χ4n) is 1.14. The number of rotatable bonds is 8. The van der Waals surface area contributed by atoms with Crippen LogP contribution in [0.25, 0.3) is 0 Å². The van der Waals surface area contributed by atoms with Crippen molar-refractivity contribution in [2.24, 2.45) is 0 Å². The molecule has 0 N–H and O–H groups in total. The van der Waals surface area contributed by atoms with Gasteiger partial charge in [0.25, 0.3) is 0 Å². The maximum atomic E-state index is 5.05. The Kier molecular flexibility index (Phi) is 9.85. The molecular formula is C9H20BrNOS. The highest BCUT2D eigenvalue weighted by Gasteiger charge is 2.06. The molecule has 0 aliphatic heterocycles. The molecule has 13 heavy (non-hydrogen) atoms. The van der Waals surface area contributed by atoms with Crippen LogP contribution in [0.2, 0.25) is 0 Å². The summed E-state index contributed by atoms with van der Waals surface area (Å²) in [5.41, 5.74) is 0. The summed E-state index contributed by atoms with van der Waals surface area (Å²) in [6.07, 6.45) is 3.42. The average Bonchev–Trinajstić information content (AvgIpc) is 2.05. The minimum Gasteiger partial charge on any atom is -0.383 e. The van der Waals surface area contributed by atoms with Gasteiger partial charge in [0.1, 0.15) is 0 Å². The lowest BCUT2D eigenvalue weighted by Crippen LogP contribution is -2.29.